The van der Waals surface area contributed by atoms with Crippen molar-refractivity contribution in [2.45, 2.75) is 24.9 Å². The zero-order valence-electron chi connectivity index (χ0n) is 10.1. The fourth-order valence-corrected chi connectivity index (χ4v) is 2.53. The van der Waals surface area contributed by atoms with Gasteiger partial charge in [0.25, 0.3) is 0 Å². The minimum absolute atomic E-state index is 0.169. The highest BCUT2D eigenvalue weighted by Crippen LogP contribution is 2.38. The number of rotatable bonds is 2. The Hall–Kier alpha value is -1.81. The van der Waals surface area contributed by atoms with Gasteiger partial charge in [-0.05, 0) is 36.5 Å². The van der Waals surface area contributed by atoms with Gasteiger partial charge in [0, 0.05) is 17.1 Å². The van der Waals surface area contributed by atoms with Crippen LogP contribution in [0.2, 0.25) is 0 Å². The number of nitrogens with one attached hydrogen (secondary N) is 1. The average molecular weight is 245 g/mol. The van der Waals surface area contributed by atoms with E-state index in [9.17, 15) is 9.90 Å². The molecule has 0 aliphatic heterocycles. The van der Waals surface area contributed by atoms with Gasteiger partial charge in [-0.2, -0.15) is 0 Å². The smallest absolute Gasteiger partial charge is 0.340 e. The van der Waals surface area contributed by atoms with Crippen molar-refractivity contribution in [1.29, 1.82) is 0 Å². The number of hydrogen-bond donors (Lipinski definition) is 2. The molecule has 4 heteroatoms. The van der Waals surface area contributed by atoms with Gasteiger partial charge < -0.3 is 14.8 Å². The van der Waals surface area contributed by atoms with Crippen molar-refractivity contribution >= 4 is 16.9 Å². The monoisotopic (exact) mass is 245 g/mol. The van der Waals surface area contributed by atoms with Crippen molar-refractivity contribution in [3.8, 4) is 0 Å². The molecule has 2 aromatic rings. The number of carbonyl (C=O) groups excluding carboxylic acids is 1. The minimum Gasteiger partial charge on any atom is -0.465 e. The summed E-state index contributed by atoms with van der Waals surface area (Å²) in [6, 6.07) is 6.05. The molecule has 1 saturated carbocycles. The summed E-state index contributed by atoms with van der Waals surface area (Å²) in [7, 11) is 1.38. The number of carbonyl (C=O) groups is 1. The maximum absolute atomic E-state index is 11.6. The SMILES string of the molecule is COC(=O)c1c[nH]c2ccc([C@H]3C[C@@H](O)C3)cc12. The number of benzene rings is 1. The van der Waals surface area contributed by atoms with Gasteiger partial charge in [0.2, 0.25) is 0 Å². The van der Waals surface area contributed by atoms with E-state index in [2.05, 4.69) is 11.1 Å². The van der Waals surface area contributed by atoms with E-state index in [0.29, 0.717) is 11.5 Å². The topological polar surface area (TPSA) is 62.3 Å². The molecule has 4 nitrogen and oxygen atoms in total. The van der Waals surface area contributed by atoms with Crippen LogP contribution in [0.15, 0.2) is 24.4 Å². The summed E-state index contributed by atoms with van der Waals surface area (Å²) in [4.78, 5) is 14.7. The van der Waals surface area contributed by atoms with Crippen LogP contribution >= 0.6 is 0 Å². The van der Waals surface area contributed by atoms with Crippen LogP contribution in [-0.4, -0.2) is 29.3 Å². The molecule has 0 unspecified atom stereocenters. The number of aliphatic hydroxyl groups excluding tert-OH is 1. The Kier molecular flexibility index (Phi) is 2.59. The third kappa shape index (κ3) is 1.69. The number of aliphatic hydroxyl groups is 1. The van der Waals surface area contributed by atoms with Crippen molar-refractivity contribution in [1.82, 2.24) is 4.98 Å². The lowest BCUT2D eigenvalue weighted by Gasteiger charge is -2.31. The maximum atomic E-state index is 11.6. The molecular formula is C14H15NO3. The molecule has 0 spiro atoms. The predicted octanol–water partition coefficient (Wildman–Crippen LogP) is 2.19. The first-order chi connectivity index (χ1) is 8.69. The van der Waals surface area contributed by atoms with Crippen LogP contribution in [0.5, 0.6) is 0 Å². The molecule has 0 amide bonds. The molecule has 2 N–H and O–H groups in total. The first-order valence-electron chi connectivity index (χ1n) is 6.06. The minimum atomic E-state index is -0.327. The van der Waals surface area contributed by atoms with Gasteiger partial charge in [0.15, 0.2) is 0 Å². The van der Waals surface area contributed by atoms with E-state index in [4.69, 9.17) is 4.74 Å². The Morgan fingerprint density at radius 3 is 2.89 bits per heavy atom. The van der Waals surface area contributed by atoms with Gasteiger partial charge in [-0.3, -0.25) is 0 Å². The number of aromatic nitrogens is 1. The van der Waals surface area contributed by atoms with E-state index in [1.54, 1.807) is 6.20 Å². The molecule has 1 aromatic heterocycles. The van der Waals surface area contributed by atoms with Gasteiger partial charge in [-0.25, -0.2) is 4.79 Å². The molecule has 0 saturated heterocycles. The van der Waals surface area contributed by atoms with Crippen LogP contribution in [0.4, 0.5) is 0 Å². The second kappa shape index (κ2) is 4.14. The molecule has 3 rings (SSSR count). The van der Waals surface area contributed by atoms with Crippen LogP contribution in [-0.2, 0) is 4.74 Å². The first-order valence-corrected chi connectivity index (χ1v) is 6.06. The number of ether oxygens (including phenoxy) is 1. The average Bonchev–Trinajstić information content (AvgIpc) is 2.76. The van der Waals surface area contributed by atoms with E-state index in [1.807, 2.05) is 12.1 Å². The van der Waals surface area contributed by atoms with Crippen LogP contribution in [0.25, 0.3) is 10.9 Å². The summed E-state index contributed by atoms with van der Waals surface area (Å²) in [6.07, 6.45) is 3.13. The third-order valence-corrected chi connectivity index (χ3v) is 3.70. The molecule has 18 heavy (non-hydrogen) atoms. The molecule has 1 heterocycles. The highest BCUT2D eigenvalue weighted by atomic mass is 16.5. The van der Waals surface area contributed by atoms with E-state index in [-0.39, 0.29) is 12.1 Å². The molecule has 1 aliphatic rings. The summed E-state index contributed by atoms with van der Waals surface area (Å²) < 4.78 is 4.76. The molecular weight excluding hydrogens is 230 g/mol. The zero-order chi connectivity index (χ0) is 12.7. The quantitative estimate of drug-likeness (QED) is 0.797. The van der Waals surface area contributed by atoms with E-state index >= 15 is 0 Å². The van der Waals surface area contributed by atoms with Crippen molar-refractivity contribution < 1.29 is 14.6 Å². The Morgan fingerprint density at radius 2 is 2.22 bits per heavy atom. The number of fused-ring (bicyclic) bond motifs is 1. The fraction of sp³-hybridized carbons (Fsp3) is 0.357. The number of aromatic amines is 1. The third-order valence-electron chi connectivity index (χ3n) is 3.70. The van der Waals surface area contributed by atoms with Crippen LogP contribution < -0.4 is 0 Å². The predicted molar refractivity (Wildman–Crippen MR) is 67.6 cm³/mol. The summed E-state index contributed by atoms with van der Waals surface area (Å²) in [6.45, 7) is 0. The van der Waals surface area contributed by atoms with E-state index in [0.717, 1.165) is 23.7 Å². The van der Waals surface area contributed by atoms with Crippen molar-refractivity contribution in [2.75, 3.05) is 7.11 Å². The molecule has 0 atom stereocenters. The Morgan fingerprint density at radius 1 is 1.44 bits per heavy atom. The molecule has 0 radical (unpaired) electrons. The summed E-state index contributed by atoms with van der Waals surface area (Å²) in [5.74, 6) is 0.0804. The first kappa shape index (κ1) is 11.3. The van der Waals surface area contributed by atoms with Gasteiger partial charge in [-0.1, -0.05) is 6.07 Å². The van der Waals surface area contributed by atoms with Crippen LogP contribution in [0.3, 0.4) is 0 Å². The Bertz CT molecular complexity index is 596. The zero-order valence-corrected chi connectivity index (χ0v) is 10.1. The number of esters is 1. The lowest BCUT2D eigenvalue weighted by Crippen LogP contribution is -2.26. The van der Waals surface area contributed by atoms with Gasteiger partial charge in [0.05, 0.1) is 18.8 Å². The number of H-pyrrole nitrogens is 1. The highest BCUT2D eigenvalue weighted by Gasteiger charge is 2.28. The highest BCUT2D eigenvalue weighted by molar-refractivity contribution is 6.04. The van der Waals surface area contributed by atoms with E-state index in [1.165, 1.54) is 12.7 Å². The lowest BCUT2D eigenvalue weighted by molar-refractivity contribution is 0.0602. The van der Waals surface area contributed by atoms with Crippen LogP contribution in [0, 0.1) is 0 Å². The molecule has 1 fully saturated rings. The van der Waals surface area contributed by atoms with Crippen molar-refractivity contribution in [2.24, 2.45) is 0 Å². The summed E-state index contributed by atoms with van der Waals surface area (Å²) in [5.41, 5.74) is 2.67. The van der Waals surface area contributed by atoms with E-state index < -0.39 is 0 Å². The van der Waals surface area contributed by atoms with Gasteiger partial charge >= 0.3 is 5.97 Å². The summed E-state index contributed by atoms with van der Waals surface area (Å²) in [5, 5.41) is 10.2. The lowest BCUT2D eigenvalue weighted by atomic mass is 9.77. The Balaban J connectivity index is 2.01. The largest absolute Gasteiger partial charge is 0.465 e. The maximum Gasteiger partial charge on any atom is 0.340 e. The normalized spacial score (nSPS) is 22.8. The summed E-state index contributed by atoms with van der Waals surface area (Å²) >= 11 is 0. The molecule has 94 valence electrons. The fourth-order valence-electron chi connectivity index (χ4n) is 2.53. The second-order valence-electron chi connectivity index (χ2n) is 4.82. The molecule has 0 bridgehead atoms. The number of hydrogen-bond acceptors (Lipinski definition) is 3. The standard InChI is InChI=1S/C14H15NO3/c1-18-14(17)12-7-15-13-3-2-8(6-11(12)13)9-4-10(16)5-9/h2-3,6-7,9-10,15-16H,4-5H2,1H3/t9-,10+. The molecule has 1 aliphatic carbocycles. The molecule has 1 aromatic carbocycles. The Labute approximate surface area is 105 Å². The van der Waals surface area contributed by atoms with Crippen molar-refractivity contribution in [3.63, 3.8) is 0 Å². The van der Waals surface area contributed by atoms with Crippen molar-refractivity contribution in [3.05, 3.63) is 35.5 Å². The van der Waals surface area contributed by atoms with Gasteiger partial charge in [0.1, 0.15) is 0 Å². The second-order valence-corrected chi connectivity index (χ2v) is 4.82. The van der Waals surface area contributed by atoms with Crippen LogP contribution in [0.1, 0.15) is 34.7 Å². The van der Waals surface area contributed by atoms with Gasteiger partial charge in [-0.15, -0.1) is 0 Å². The number of methoxy groups -OCH3 is 1.